The third-order valence-corrected chi connectivity index (χ3v) is 4.58. The van der Waals surface area contributed by atoms with Crippen molar-refractivity contribution in [3.63, 3.8) is 0 Å². The van der Waals surface area contributed by atoms with Gasteiger partial charge in [-0.15, -0.1) is 0 Å². The molecule has 1 aliphatic carbocycles. The number of aliphatic carboxylic acids is 1. The zero-order chi connectivity index (χ0) is 18.7. The quantitative estimate of drug-likeness (QED) is 0.319. The number of rotatable bonds is 12. The van der Waals surface area contributed by atoms with Gasteiger partial charge in [0.1, 0.15) is 5.78 Å². The van der Waals surface area contributed by atoms with Gasteiger partial charge in [-0.05, 0) is 31.8 Å². The highest BCUT2D eigenvalue weighted by molar-refractivity contribution is 5.90. The van der Waals surface area contributed by atoms with Crippen LogP contribution in [0.4, 0.5) is 0 Å². The highest BCUT2D eigenvalue weighted by atomic mass is 16.4. The van der Waals surface area contributed by atoms with Crippen molar-refractivity contribution >= 4 is 17.5 Å². The molecule has 5 heteroatoms. The first-order chi connectivity index (χ1) is 12.0. The van der Waals surface area contributed by atoms with Crippen LogP contribution in [0.25, 0.3) is 0 Å². The normalized spacial score (nSPS) is 23.8. The van der Waals surface area contributed by atoms with E-state index in [4.69, 9.17) is 5.11 Å². The van der Waals surface area contributed by atoms with Gasteiger partial charge in [0.25, 0.3) is 0 Å². The molecule has 3 unspecified atom stereocenters. The molecule has 0 aliphatic heterocycles. The number of carboxylic acids is 1. The molecule has 0 aromatic heterocycles. The predicted octanol–water partition coefficient (Wildman–Crippen LogP) is 3.46. The number of Topliss-reactive ketones (excluding diaryl/α,β-unsaturated/α-hetero) is 1. The Balaban J connectivity index is 2.49. The summed E-state index contributed by atoms with van der Waals surface area (Å²) in [6, 6.07) is 0. The lowest BCUT2D eigenvalue weighted by Crippen LogP contribution is -2.18. The minimum atomic E-state index is -0.809. The SMILES string of the molecule is CCCCCC(=O)/C=C/C1C(O)CC(=O)C1C/C=C/CCCC(=O)O. The lowest BCUT2D eigenvalue weighted by Gasteiger charge is -2.15. The molecule has 3 atom stereocenters. The maximum Gasteiger partial charge on any atom is 0.303 e. The largest absolute Gasteiger partial charge is 0.481 e. The van der Waals surface area contributed by atoms with Gasteiger partial charge in [0.15, 0.2) is 5.78 Å². The van der Waals surface area contributed by atoms with Gasteiger partial charge in [-0.2, -0.15) is 0 Å². The molecule has 0 aromatic rings. The van der Waals surface area contributed by atoms with Crippen molar-refractivity contribution in [2.75, 3.05) is 0 Å². The van der Waals surface area contributed by atoms with Gasteiger partial charge in [-0.25, -0.2) is 0 Å². The highest BCUT2D eigenvalue weighted by Gasteiger charge is 2.39. The van der Waals surface area contributed by atoms with Gasteiger partial charge >= 0.3 is 5.97 Å². The molecule has 1 fully saturated rings. The first kappa shape index (κ1) is 21.3. The van der Waals surface area contributed by atoms with Gasteiger partial charge in [0, 0.05) is 31.1 Å². The van der Waals surface area contributed by atoms with Crippen LogP contribution in [-0.2, 0) is 14.4 Å². The topological polar surface area (TPSA) is 91.7 Å². The molecule has 5 nitrogen and oxygen atoms in total. The van der Waals surface area contributed by atoms with Crippen molar-refractivity contribution in [2.45, 2.75) is 70.8 Å². The number of hydrogen-bond donors (Lipinski definition) is 2. The second-order valence-electron chi connectivity index (χ2n) is 6.70. The molecule has 25 heavy (non-hydrogen) atoms. The molecule has 0 saturated heterocycles. The average molecular weight is 350 g/mol. The van der Waals surface area contributed by atoms with Crippen molar-refractivity contribution < 1.29 is 24.6 Å². The summed E-state index contributed by atoms with van der Waals surface area (Å²) < 4.78 is 0. The van der Waals surface area contributed by atoms with E-state index in [2.05, 4.69) is 6.92 Å². The first-order valence-electron chi connectivity index (χ1n) is 9.24. The Hall–Kier alpha value is -1.75. The van der Waals surface area contributed by atoms with Crippen LogP contribution in [0.2, 0.25) is 0 Å². The zero-order valence-corrected chi connectivity index (χ0v) is 15.0. The fourth-order valence-corrected chi connectivity index (χ4v) is 3.11. The molecule has 140 valence electrons. The second kappa shape index (κ2) is 11.7. The number of unbranched alkanes of at least 4 members (excludes halogenated alkanes) is 3. The molecule has 0 aromatic carbocycles. The highest BCUT2D eigenvalue weighted by Crippen LogP contribution is 2.33. The van der Waals surface area contributed by atoms with Crippen molar-refractivity contribution in [2.24, 2.45) is 11.8 Å². The zero-order valence-electron chi connectivity index (χ0n) is 15.0. The van der Waals surface area contributed by atoms with Crippen LogP contribution in [0.5, 0.6) is 0 Å². The molecular formula is C20H30O5. The fraction of sp³-hybridized carbons (Fsp3) is 0.650. The predicted molar refractivity (Wildman–Crippen MR) is 96.1 cm³/mol. The average Bonchev–Trinajstić information content (AvgIpc) is 2.82. The minimum Gasteiger partial charge on any atom is -0.481 e. The molecule has 0 radical (unpaired) electrons. The van der Waals surface area contributed by atoms with E-state index in [9.17, 15) is 19.5 Å². The molecule has 1 saturated carbocycles. The lowest BCUT2D eigenvalue weighted by molar-refractivity contribution is -0.137. The van der Waals surface area contributed by atoms with Gasteiger partial charge in [0.05, 0.1) is 6.10 Å². The smallest absolute Gasteiger partial charge is 0.303 e. The van der Waals surface area contributed by atoms with Crippen molar-refractivity contribution in [1.82, 2.24) is 0 Å². The van der Waals surface area contributed by atoms with Crippen LogP contribution in [0.15, 0.2) is 24.3 Å². The Morgan fingerprint density at radius 1 is 1.16 bits per heavy atom. The molecule has 1 aliphatic rings. The van der Waals surface area contributed by atoms with E-state index >= 15 is 0 Å². The molecule has 0 amide bonds. The van der Waals surface area contributed by atoms with E-state index in [-0.39, 0.29) is 36.2 Å². The Morgan fingerprint density at radius 3 is 2.60 bits per heavy atom. The summed E-state index contributed by atoms with van der Waals surface area (Å²) in [5, 5.41) is 18.7. The maximum absolute atomic E-state index is 12.1. The minimum absolute atomic E-state index is 0.0239. The van der Waals surface area contributed by atoms with Crippen LogP contribution in [0.3, 0.4) is 0 Å². The Morgan fingerprint density at radius 2 is 1.92 bits per heavy atom. The van der Waals surface area contributed by atoms with Crippen LogP contribution in [0, 0.1) is 11.8 Å². The number of hydrogen-bond acceptors (Lipinski definition) is 4. The summed E-state index contributed by atoms with van der Waals surface area (Å²) in [6.07, 6.45) is 11.8. The van der Waals surface area contributed by atoms with Crippen LogP contribution < -0.4 is 0 Å². The van der Waals surface area contributed by atoms with E-state index < -0.39 is 12.1 Å². The van der Waals surface area contributed by atoms with Crippen molar-refractivity contribution in [1.29, 1.82) is 0 Å². The first-order valence-corrected chi connectivity index (χ1v) is 9.24. The summed E-state index contributed by atoms with van der Waals surface area (Å²) in [4.78, 5) is 34.4. The monoisotopic (exact) mass is 350 g/mol. The number of carbonyl (C=O) groups excluding carboxylic acids is 2. The summed E-state index contributed by atoms with van der Waals surface area (Å²) in [5.41, 5.74) is 0. The fourth-order valence-electron chi connectivity index (χ4n) is 3.11. The lowest BCUT2D eigenvalue weighted by atomic mass is 9.90. The van der Waals surface area contributed by atoms with Crippen molar-refractivity contribution in [3.8, 4) is 0 Å². The third-order valence-electron chi connectivity index (χ3n) is 4.58. The molecule has 0 heterocycles. The summed E-state index contributed by atoms with van der Waals surface area (Å²) in [5.74, 6) is -1.35. The van der Waals surface area contributed by atoms with E-state index in [0.29, 0.717) is 25.7 Å². The van der Waals surface area contributed by atoms with Crippen LogP contribution >= 0.6 is 0 Å². The molecule has 0 bridgehead atoms. The number of aliphatic hydroxyl groups is 1. The summed E-state index contributed by atoms with van der Waals surface area (Å²) in [6.45, 7) is 2.08. The molecular weight excluding hydrogens is 320 g/mol. The third kappa shape index (κ3) is 8.25. The molecule has 2 N–H and O–H groups in total. The molecule has 1 rings (SSSR count). The van der Waals surface area contributed by atoms with Gasteiger partial charge < -0.3 is 10.2 Å². The summed E-state index contributed by atoms with van der Waals surface area (Å²) >= 11 is 0. The van der Waals surface area contributed by atoms with Gasteiger partial charge in [0.2, 0.25) is 0 Å². The van der Waals surface area contributed by atoms with Crippen LogP contribution in [0.1, 0.15) is 64.7 Å². The Bertz CT molecular complexity index is 506. The Labute approximate surface area is 149 Å². The number of carbonyl (C=O) groups is 3. The maximum atomic E-state index is 12.1. The number of allylic oxidation sites excluding steroid dienone is 3. The van der Waals surface area contributed by atoms with Crippen molar-refractivity contribution in [3.05, 3.63) is 24.3 Å². The van der Waals surface area contributed by atoms with E-state index in [0.717, 1.165) is 19.3 Å². The summed E-state index contributed by atoms with van der Waals surface area (Å²) in [7, 11) is 0. The Kier molecular flexibility index (Phi) is 10.0. The van der Waals surface area contributed by atoms with E-state index in [1.165, 1.54) is 6.08 Å². The van der Waals surface area contributed by atoms with E-state index in [1.807, 2.05) is 12.2 Å². The van der Waals surface area contributed by atoms with E-state index in [1.54, 1.807) is 6.08 Å². The standard InChI is InChI=1S/C20H30O5/c1-2-3-6-9-15(21)12-13-17-16(18(22)14-19(17)23)10-7-4-5-8-11-20(24)25/h4,7,12-13,16-17,19,23H,2-3,5-6,8-11,14H2,1H3,(H,24,25)/b7-4+,13-12+. The van der Waals surface area contributed by atoms with Crippen LogP contribution in [-0.4, -0.2) is 33.9 Å². The number of ketones is 2. The number of carboxylic acid groups (broad SMARTS) is 1. The van der Waals surface area contributed by atoms with Gasteiger partial charge in [-0.3, -0.25) is 14.4 Å². The molecule has 0 spiro atoms. The number of aliphatic hydroxyl groups excluding tert-OH is 1. The second-order valence-corrected chi connectivity index (χ2v) is 6.70. The van der Waals surface area contributed by atoms with Gasteiger partial charge in [-0.1, -0.05) is 38.0 Å².